The first-order valence-electron chi connectivity index (χ1n) is 25.9. The number of carbonyl (C=O) groups is 2. The van der Waals surface area contributed by atoms with Gasteiger partial charge in [-0.25, -0.2) is 0 Å². The van der Waals surface area contributed by atoms with Crippen LogP contribution in [0.15, 0.2) is 0 Å². The Morgan fingerprint density at radius 3 is 1.39 bits per heavy atom. The van der Waals surface area contributed by atoms with Crippen LogP contribution in [0.5, 0.6) is 0 Å². The Hall–Kier alpha value is -1.22. The quantitative estimate of drug-likeness (QED) is 0.0445. The lowest BCUT2D eigenvalue weighted by molar-refractivity contribution is -0.180. The van der Waals surface area contributed by atoms with Gasteiger partial charge >= 0.3 is 11.9 Å². The van der Waals surface area contributed by atoms with Crippen LogP contribution in [0.2, 0.25) is 0 Å². The smallest absolute Gasteiger partial charge is 0.305 e. The van der Waals surface area contributed by atoms with E-state index < -0.39 is 5.79 Å². The van der Waals surface area contributed by atoms with Gasteiger partial charge in [0.2, 0.25) is 0 Å². The topological polar surface area (TPSA) is 83.5 Å². The van der Waals surface area contributed by atoms with Gasteiger partial charge in [-0.2, -0.15) is 0 Å². The minimum Gasteiger partial charge on any atom is -0.466 e. The molecule has 0 saturated carbocycles. The second kappa shape index (κ2) is 37.3. The average molecular weight is 836 g/mol. The van der Waals surface area contributed by atoms with Crippen LogP contribution in [-0.2, 0) is 33.3 Å². The molecule has 0 aromatic rings. The Morgan fingerprint density at radius 1 is 0.559 bits per heavy atom. The number of unbranched alkanes of at least 4 members (excludes halogenated alkanes) is 16. The molecule has 2 aliphatic rings. The molecule has 0 amide bonds. The molecule has 0 N–H and O–H groups in total. The Labute approximate surface area is 365 Å². The molecule has 2 saturated heterocycles. The number of ether oxygens (including phenoxy) is 5. The zero-order valence-corrected chi connectivity index (χ0v) is 39.5. The number of esters is 2. The second-order valence-electron chi connectivity index (χ2n) is 18.5. The third-order valence-corrected chi connectivity index (χ3v) is 13.1. The van der Waals surface area contributed by atoms with Crippen LogP contribution in [0.1, 0.15) is 240 Å². The van der Waals surface area contributed by atoms with E-state index in [1.54, 1.807) is 0 Å². The van der Waals surface area contributed by atoms with Crippen molar-refractivity contribution in [3.05, 3.63) is 0 Å². The fourth-order valence-corrected chi connectivity index (χ4v) is 9.05. The summed E-state index contributed by atoms with van der Waals surface area (Å²) in [6.45, 7) is 15.7. The van der Waals surface area contributed by atoms with Crippen LogP contribution in [0.25, 0.3) is 0 Å². The number of rotatable bonds is 41. The third kappa shape index (κ3) is 28.9. The summed E-state index contributed by atoms with van der Waals surface area (Å²) in [6.07, 6.45) is 37.6. The first-order valence-corrected chi connectivity index (χ1v) is 25.9. The van der Waals surface area contributed by atoms with Gasteiger partial charge in [0.25, 0.3) is 0 Å². The molecule has 2 heterocycles. The first-order chi connectivity index (χ1) is 28.9. The molecule has 2 rings (SSSR count). The van der Waals surface area contributed by atoms with Gasteiger partial charge in [0.1, 0.15) is 0 Å². The van der Waals surface area contributed by atoms with Gasteiger partial charge in [-0.05, 0) is 56.8 Å². The maximum Gasteiger partial charge on any atom is 0.305 e. The van der Waals surface area contributed by atoms with E-state index in [0.717, 1.165) is 103 Å². The third-order valence-electron chi connectivity index (χ3n) is 13.1. The first kappa shape index (κ1) is 53.9. The highest BCUT2D eigenvalue weighted by molar-refractivity contribution is 5.69. The molecule has 0 radical (unpaired) electrons. The van der Waals surface area contributed by atoms with E-state index >= 15 is 0 Å². The van der Waals surface area contributed by atoms with Crippen LogP contribution < -0.4 is 0 Å². The molecule has 0 aromatic carbocycles. The maximum absolute atomic E-state index is 12.3. The maximum atomic E-state index is 12.3. The molecule has 0 aliphatic carbocycles. The van der Waals surface area contributed by atoms with Crippen molar-refractivity contribution < 1.29 is 33.3 Å². The summed E-state index contributed by atoms with van der Waals surface area (Å²) in [6, 6.07) is 0. The van der Waals surface area contributed by atoms with E-state index in [1.807, 2.05) is 0 Å². The lowest BCUT2D eigenvalue weighted by Gasteiger charge is -2.30. The Balaban J connectivity index is 1.59. The fraction of sp³-hybridized carbons (Fsp3) is 0.961. The van der Waals surface area contributed by atoms with Gasteiger partial charge in [0, 0.05) is 45.3 Å². The van der Waals surface area contributed by atoms with Crippen LogP contribution in [-0.4, -0.2) is 81.4 Å². The molecule has 8 nitrogen and oxygen atoms in total. The summed E-state index contributed by atoms with van der Waals surface area (Å²) in [7, 11) is 0. The van der Waals surface area contributed by atoms with Crippen molar-refractivity contribution in [1.82, 2.24) is 4.90 Å². The summed E-state index contributed by atoms with van der Waals surface area (Å²) >= 11 is 0. The molecule has 1 unspecified atom stereocenters. The number of morpholine rings is 1. The Kier molecular flexibility index (Phi) is 34.1. The van der Waals surface area contributed by atoms with E-state index in [-0.39, 0.29) is 18.0 Å². The van der Waals surface area contributed by atoms with Gasteiger partial charge in [0.05, 0.1) is 39.1 Å². The zero-order chi connectivity index (χ0) is 42.5. The summed E-state index contributed by atoms with van der Waals surface area (Å²) in [5, 5.41) is 0. The number of carbonyl (C=O) groups excluding carboxylic acids is 2. The molecule has 0 spiro atoms. The minimum atomic E-state index is -0.422. The Morgan fingerprint density at radius 2 is 0.966 bits per heavy atom. The number of hydrogen-bond donors (Lipinski definition) is 0. The van der Waals surface area contributed by atoms with Crippen LogP contribution >= 0.6 is 0 Å². The molecule has 0 aromatic heterocycles. The van der Waals surface area contributed by atoms with Gasteiger partial charge in [-0.15, -0.1) is 0 Å². The second-order valence-corrected chi connectivity index (χ2v) is 18.5. The average Bonchev–Trinajstić information content (AvgIpc) is 3.66. The van der Waals surface area contributed by atoms with Gasteiger partial charge in [-0.1, -0.05) is 169 Å². The van der Waals surface area contributed by atoms with Crippen LogP contribution in [0.4, 0.5) is 0 Å². The largest absolute Gasteiger partial charge is 0.466 e. The molecule has 59 heavy (non-hydrogen) atoms. The van der Waals surface area contributed by atoms with Crippen molar-refractivity contribution in [3.8, 4) is 0 Å². The molecule has 2 fully saturated rings. The lowest BCUT2D eigenvalue weighted by Crippen LogP contribution is -2.38. The molecule has 1 atom stereocenters. The highest BCUT2D eigenvalue weighted by Gasteiger charge is 2.40. The van der Waals surface area contributed by atoms with E-state index in [1.165, 1.54) is 128 Å². The van der Waals surface area contributed by atoms with Crippen molar-refractivity contribution in [2.75, 3.05) is 52.7 Å². The van der Waals surface area contributed by atoms with E-state index in [9.17, 15) is 9.59 Å². The normalized spacial score (nSPS) is 17.0. The van der Waals surface area contributed by atoms with Crippen LogP contribution in [0, 0.1) is 11.8 Å². The fourth-order valence-electron chi connectivity index (χ4n) is 9.05. The van der Waals surface area contributed by atoms with E-state index in [2.05, 4.69) is 32.6 Å². The summed E-state index contributed by atoms with van der Waals surface area (Å²) in [5.74, 6) is 0.984. The van der Waals surface area contributed by atoms with Crippen molar-refractivity contribution >= 4 is 11.9 Å². The predicted octanol–water partition coefficient (Wildman–Crippen LogP) is 13.7. The van der Waals surface area contributed by atoms with Gasteiger partial charge < -0.3 is 23.7 Å². The monoisotopic (exact) mass is 836 g/mol. The number of hydrogen-bond acceptors (Lipinski definition) is 8. The highest BCUT2D eigenvalue weighted by Crippen LogP contribution is 2.36. The SMILES string of the molecule is CCCCC(CCCC)CCOC(=O)CCCCCCCCCC1(CCCCCCCCCC(=O)OCCC(CCCC)CCCC)OCC(CCN2CCOCC2)O1. The molecule has 348 valence electrons. The highest BCUT2D eigenvalue weighted by atomic mass is 16.7. The van der Waals surface area contributed by atoms with Crippen molar-refractivity contribution in [2.24, 2.45) is 11.8 Å². The molecular weight excluding hydrogens is 739 g/mol. The molecule has 8 heteroatoms. The summed E-state index contributed by atoms with van der Waals surface area (Å²) in [4.78, 5) is 27.1. The van der Waals surface area contributed by atoms with E-state index in [0.29, 0.717) is 44.5 Å². The van der Waals surface area contributed by atoms with E-state index in [4.69, 9.17) is 23.7 Å². The molecular formula is C51H97NO7. The molecule has 0 bridgehead atoms. The lowest BCUT2D eigenvalue weighted by atomic mass is 9.93. The minimum absolute atomic E-state index is 0.00646. The predicted molar refractivity (Wildman–Crippen MR) is 245 cm³/mol. The van der Waals surface area contributed by atoms with Crippen molar-refractivity contribution in [3.63, 3.8) is 0 Å². The van der Waals surface area contributed by atoms with Gasteiger partial charge in [0.15, 0.2) is 5.79 Å². The van der Waals surface area contributed by atoms with Gasteiger partial charge in [-0.3, -0.25) is 14.5 Å². The summed E-state index contributed by atoms with van der Waals surface area (Å²) in [5.41, 5.74) is 0. The molecule has 2 aliphatic heterocycles. The van der Waals surface area contributed by atoms with Crippen molar-refractivity contribution in [2.45, 2.75) is 251 Å². The Bertz CT molecular complexity index is 900. The standard InChI is InChI=1S/C51H97NO7/c1-5-9-27-46(28-10-6-2)34-41-56-49(53)31-23-19-15-13-17-21-25-36-51(58-45-48(59-51)33-38-52-39-43-55-44-40-52)37-26-22-18-14-16-20-24-32-50(54)57-42-35-47(29-11-7-3)30-12-8-4/h46-48H,5-45H2,1-4H3. The zero-order valence-electron chi connectivity index (χ0n) is 39.5. The van der Waals surface area contributed by atoms with Crippen molar-refractivity contribution in [1.29, 1.82) is 0 Å². The summed E-state index contributed by atoms with van der Waals surface area (Å²) < 4.78 is 30.1. The number of nitrogens with zero attached hydrogens (tertiary/aromatic N) is 1. The van der Waals surface area contributed by atoms with Crippen LogP contribution in [0.3, 0.4) is 0 Å².